The van der Waals surface area contributed by atoms with Crippen molar-refractivity contribution in [2.75, 3.05) is 0 Å². The highest BCUT2D eigenvalue weighted by molar-refractivity contribution is 6.35. The van der Waals surface area contributed by atoms with Crippen LogP contribution in [0.4, 0.5) is 0 Å². The van der Waals surface area contributed by atoms with Crippen LogP contribution >= 0.6 is 11.6 Å². The Labute approximate surface area is 180 Å². The van der Waals surface area contributed by atoms with E-state index in [0.29, 0.717) is 0 Å². The van der Waals surface area contributed by atoms with Gasteiger partial charge in [0, 0.05) is 34.0 Å². The number of fused-ring (bicyclic) bond motifs is 2. The summed E-state index contributed by atoms with van der Waals surface area (Å²) in [7, 11) is 0. The summed E-state index contributed by atoms with van der Waals surface area (Å²) < 4.78 is 4.46. The number of hydrogen-bond donors (Lipinski definition) is 0. The first-order chi connectivity index (χ1) is 14.7. The van der Waals surface area contributed by atoms with Crippen molar-refractivity contribution in [3.63, 3.8) is 0 Å². The Morgan fingerprint density at radius 3 is 2.40 bits per heavy atom. The number of aryl methyl sites for hydroxylation is 1. The SMILES string of the molecule is C=C/C=C\c1c(C)c2cc(-n3cc(Cl)c4ccccc43)ccc2n1-c1ccccc1. The fraction of sp³-hybridized carbons (Fsp3) is 0.0370. The van der Waals surface area contributed by atoms with Gasteiger partial charge in [-0.1, -0.05) is 66.7 Å². The third-order valence-electron chi connectivity index (χ3n) is 5.60. The average Bonchev–Trinajstić information content (AvgIpc) is 3.27. The molecule has 0 aliphatic carbocycles. The molecule has 0 radical (unpaired) electrons. The highest BCUT2D eigenvalue weighted by Crippen LogP contribution is 2.34. The summed E-state index contributed by atoms with van der Waals surface area (Å²) in [5.41, 5.74) is 6.90. The van der Waals surface area contributed by atoms with E-state index in [-0.39, 0.29) is 0 Å². The molecule has 0 aliphatic heterocycles. The van der Waals surface area contributed by atoms with Crippen molar-refractivity contribution in [1.29, 1.82) is 0 Å². The van der Waals surface area contributed by atoms with Crippen LogP contribution in [0.3, 0.4) is 0 Å². The number of hydrogen-bond acceptors (Lipinski definition) is 0. The zero-order valence-corrected chi connectivity index (χ0v) is 17.5. The molecule has 0 unspecified atom stereocenters. The van der Waals surface area contributed by atoms with Crippen molar-refractivity contribution in [2.45, 2.75) is 6.92 Å². The van der Waals surface area contributed by atoms with Gasteiger partial charge in [0.1, 0.15) is 0 Å². The second kappa shape index (κ2) is 7.40. The van der Waals surface area contributed by atoms with Crippen molar-refractivity contribution in [1.82, 2.24) is 9.13 Å². The van der Waals surface area contributed by atoms with Gasteiger partial charge in [-0.3, -0.25) is 0 Å². The van der Waals surface area contributed by atoms with E-state index in [1.165, 1.54) is 16.5 Å². The van der Waals surface area contributed by atoms with Crippen LogP contribution < -0.4 is 0 Å². The summed E-state index contributed by atoms with van der Waals surface area (Å²) in [6, 6.07) is 25.3. The van der Waals surface area contributed by atoms with Gasteiger partial charge in [-0.2, -0.15) is 0 Å². The Morgan fingerprint density at radius 1 is 0.833 bits per heavy atom. The molecule has 0 atom stereocenters. The Balaban J connectivity index is 1.79. The number of benzene rings is 3. The highest BCUT2D eigenvalue weighted by Gasteiger charge is 2.15. The Morgan fingerprint density at radius 2 is 1.60 bits per heavy atom. The number of aromatic nitrogens is 2. The standard InChI is InChI=1S/C27H21ClN2/c1-3-4-13-25-19(2)23-17-21(29-18-24(28)22-12-8-9-14-26(22)29)15-16-27(23)30(25)20-10-6-5-7-11-20/h3-18H,1H2,2H3/b13-4-. The van der Waals surface area contributed by atoms with Gasteiger partial charge in [0.15, 0.2) is 0 Å². The number of para-hydroxylation sites is 2. The maximum absolute atomic E-state index is 6.50. The molecule has 2 aromatic heterocycles. The van der Waals surface area contributed by atoms with Gasteiger partial charge in [-0.15, -0.1) is 0 Å². The number of nitrogens with zero attached hydrogens (tertiary/aromatic N) is 2. The van der Waals surface area contributed by atoms with Gasteiger partial charge in [-0.25, -0.2) is 0 Å². The van der Waals surface area contributed by atoms with E-state index < -0.39 is 0 Å². The van der Waals surface area contributed by atoms with Crippen LogP contribution in [-0.4, -0.2) is 9.13 Å². The normalized spacial score (nSPS) is 11.7. The molecule has 146 valence electrons. The fourth-order valence-corrected chi connectivity index (χ4v) is 4.43. The molecule has 0 N–H and O–H groups in total. The Bertz CT molecular complexity index is 1420. The molecule has 2 heterocycles. The zero-order chi connectivity index (χ0) is 20.7. The van der Waals surface area contributed by atoms with Crippen molar-refractivity contribution < 1.29 is 0 Å². The number of allylic oxidation sites excluding steroid dienone is 2. The van der Waals surface area contributed by atoms with Gasteiger partial charge < -0.3 is 9.13 Å². The van der Waals surface area contributed by atoms with Gasteiger partial charge in [-0.05, 0) is 55.0 Å². The molecule has 3 aromatic carbocycles. The first-order valence-corrected chi connectivity index (χ1v) is 10.3. The third kappa shape index (κ3) is 2.89. The van der Waals surface area contributed by atoms with Crippen LogP contribution in [0.25, 0.3) is 39.3 Å². The van der Waals surface area contributed by atoms with Crippen LogP contribution in [0.15, 0.2) is 97.7 Å². The third-order valence-corrected chi connectivity index (χ3v) is 5.90. The van der Waals surface area contributed by atoms with E-state index >= 15 is 0 Å². The minimum absolute atomic E-state index is 0.763. The number of halogens is 1. The maximum Gasteiger partial charge on any atom is 0.0665 e. The average molecular weight is 409 g/mol. The lowest BCUT2D eigenvalue weighted by Gasteiger charge is -2.10. The summed E-state index contributed by atoms with van der Waals surface area (Å²) in [6.45, 7) is 6.01. The van der Waals surface area contributed by atoms with Crippen LogP contribution in [0, 0.1) is 6.92 Å². The highest BCUT2D eigenvalue weighted by atomic mass is 35.5. The summed E-state index contributed by atoms with van der Waals surface area (Å²) in [5.74, 6) is 0. The summed E-state index contributed by atoms with van der Waals surface area (Å²) >= 11 is 6.50. The first-order valence-electron chi connectivity index (χ1n) is 9.94. The molecule has 0 aliphatic rings. The summed E-state index contributed by atoms with van der Waals surface area (Å²) in [6.07, 6.45) is 7.92. The molecule has 0 amide bonds. The van der Waals surface area contributed by atoms with Crippen LogP contribution in [-0.2, 0) is 0 Å². The smallest absolute Gasteiger partial charge is 0.0665 e. The fourth-order valence-electron chi connectivity index (χ4n) is 4.17. The van der Waals surface area contributed by atoms with Crippen LogP contribution in [0.1, 0.15) is 11.3 Å². The van der Waals surface area contributed by atoms with Gasteiger partial charge in [0.05, 0.1) is 16.1 Å². The maximum atomic E-state index is 6.50. The Kier molecular flexibility index (Phi) is 4.57. The molecule has 0 saturated carbocycles. The Hall–Kier alpha value is -3.49. The molecule has 0 fully saturated rings. The van der Waals surface area contributed by atoms with E-state index in [1.807, 2.05) is 36.5 Å². The lowest BCUT2D eigenvalue weighted by Crippen LogP contribution is -1.97. The van der Waals surface area contributed by atoms with Crippen LogP contribution in [0.2, 0.25) is 5.02 Å². The van der Waals surface area contributed by atoms with Gasteiger partial charge in [0.2, 0.25) is 0 Å². The van der Waals surface area contributed by atoms with Gasteiger partial charge in [0.25, 0.3) is 0 Å². The zero-order valence-electron chi connectivity index (χ0n) is 16.7. The second-order valence-corrected chi connectivity index (χ2v) is 7.75. The summed E-state index contributed by atoms with van der Waals surface area (Å²) in [5, 5.41) is 3.04. The molecule has 5 rings (SSSR count). The molecule has 0 bridgehead atoms. The quantitative estimate of drug-likeness (QED) is 0.269. The minimum atomic E-state index is 0.763. The van der Waals surface area contributed by atoms with Crippen molar-refractivity contribution in [3.05, 3.63) is 114 Å². The lowest BCUT2D eigenvalue weighted by atomic mass is 10.1. The molecule has 0 saturated heterocycles. The molecular formula is C27H21ClN2. The van der Waals surface area contributed by atoms with Gasteiger partial charge >= 0.3 is 0 Å². The van der Waals surface area contributed by atoms with Crippen LogP contribution in [0.5, 0.6) is 0 Å². The van der Waals surface area contributed by atoms with E-state index in [9.17, 15) is 0 Å². The topological polar surface area (TPSA) is 9.86 Å². The second-order valence-electron chi connectivity index (χ2n) is 7.34. The van der Waals surface area contributed by atoms with Crippen molar-refractivity contribution in [2.24, 2.45) is 0 Å². The summed E-state index contributed by atoms with van der Waals surface area (Å²) in [4.78, 5) is 0. The van der Waals surface area contributed by atoms with E-state index in [0.717, 1.165) is 33.0 Å². The lowest BCUT2D eigenvalue weighted by molar-refractivity contribution is 1.09. The predicted molar refractivity (Wildman–Crippen MR) is 129 cm³/mol. The predicted octanol–water partition coefficient (Wildman–Crippen LogP) is 7.74. The molecule has 3 heteroatoms. The molecule has 5 aromatic rings. The monoisotopic (exact) mass is 408 g/mol. The van der Waals surface area contributed by atoms with Crippen molar-refractivity contribution in [3.8, 4) is 11.4 Å². The molecular weight excluding hydrogens is 388 g/mol. The largest absolute Gasteiger partial charge is 0.315 e. The molecule has 0 spiro atoms. The van der Waals surface area contributed by atoms with E-state index in [1.54, 1.807) is 0 Å². The first kappa shape index (κ1) is 18.5. The van der Waals surface area contributed by atoms with Crippen molar-refractivity contribution >= 4 is 39.5 Å². The molecule has 30 heavy (non-hydrogen) atoms. The van der Waals surface area contributed by atoms with E-state index in [2.05, 4.69) is 83.3 Å². The van der Waals surface area contributed by atoms with E-state index in [4.69, 9.17) is 11.6 Å². The molecule has 2 nitrogen and oxygen atoms in total. The minimum Gasteiger partial charge on any atom is -0.315 e. The number of rotatable bonds is 4.